The van der Waals surface area contributed by atoms with Crippen molar-refractivity contribution < 1.29 is 14.7 Å². The fourth-order valence-corrected chi connectivity index (χ4v) is 2.71. The van der Waals surface area contributed by atoms with Crippen molar-refractivity contribution >= 4 is 12.0 Å². The van der Waals surface area contributed by atoms with E-state index < -0.39 is 5.97 Å². The summed E-state index contributed by atoms with van der Waals surface area (Å²) in [7, 11) is 0. The number of hydrogen-bond acceptors (Lipinski definition) is 2. The summed E-state index contributed by atoms with van der Waals surface area (Å²) in [4.78, 5) is 27.2. The number of nitrogens with zero attached hydrogens (tertiary/aromatic N) is 2. The van der Waals surface area contributed by atoms with E-state index >= 15 is 0 Å². The number of rotatable bonds is 5. The van der Waals surface area contributed by atoms with Crippen LogP contribution in [0.25, 0.3) is 0 Å². The molecule has 0 aliphatic carbocycles. The molecule has 0 radical (unpaired) electrons. The van der Waals surface area contributed by atoms with Crippen LogP contribution < -0.4 is 0 Å². The third-order valence-electron chi connectivity index (χ3n) is 3.73. The van der Waals surface area contributed by atoms with Gasteiger partial charge in [0.05, 0.1) is 5.92 Å². The van der Waals surface area contributed by atoms with Crippen molar-refractivity contribution in [2.75, 3.05) is 19.6 Å². The zero-order valence-corrected chi connectivity index (χ0v) is 12.3. The number of carbonyl (C=O) groups is 2. The number of amides is 2. The number of urea groups is 1. The second-order valence-electron chi connectivity index (χ2n) is 5.37. The number of carboxylic acid groups (broad SMARTS) is 1. The standard InChI is InChI=1S/C14H26N2O3/c1-4-7-15(8-5-2)14(19)16-9-6-12(13(17)18)10-11(16)3/h11-12H,4-10H2,1-3H3,(H,17,18). The molecular formula is C14H26N2O3. The first-order valence-electron chi connectivity index (χ1n) is 7.29. The van der Waals surface area contributed by atoms with Crippen LogP contribution in [0.1, 0.15) is 46.5 Å². The van der Waals surface area contributed by atoms with Gasteiger partial charge < -0.3 is 14.9 Å². The van der Waals surface area contributed by atoms with Crippen LogP contribution in [-0.2, 0) is 4.79 Å². The van der Waals surface area contributed by atoms with Gasteiger partial charge in [0.15, 0.2) is 0 Å². The first-order chi connectivity index (χ1) is 9.01. The Hall–Kier alpha value is -1.26. The minimum atomic E-state index is -0.738. The summed E-state index contributed by atoms with van der Waals surface area (Å²) in [6, 6.07) is 0.0820. The van der Waals surface area contributed by atoms with Crippen LogP contribution in [-0.4, -0.2) is 52.6 Å². The van der Waals surface area contributed by atoms with E-state index in [0.717, 1.165) is 25.9 Å². The Morgan fingerprint density at radius 3 is 2.26 bits per heavy atom. The summed E-state index contributed by atoms with van der Waals surface area (Å²) in [6.07, 6.45) is 3.03. The normalized spacial score (nSPS) is 23.2. The molecule has 5 nitrogen and oxygen atoms in total. The molecule has 2 atom stereocenters. The maximum atomic E-state index is 12.5. The molecule has 1 heterocycles. The molecule has 0 aromatic rings. The Kier molecular flexibility index (Phi) is 6.12. The largest absolute Gasteiger partial charge is 0.481 e. The maximum absolute atomic E-state index is 12.5. The minimum Gasteiger partial charge on any atom is -0.481 e. The Morgan fingerprint density at radius 2 is 1.84 bits per heavy atom. The molecule has 0 spiro atoms. The molecule has 1 fully saturated rings. The van der Waals surface area contributed by atoms with Crippen molar-refractivity contribution in [3.63, 3.8) is 0 Å². The highest BCUT2D eigenvalue weighted by atomic mass is 16.4. The molecule has 19 heavy (non-hydrogen) atoms. The van der Waals surface area contributed by atoms with E-state index in [4.69, 9.17) is 5.11 Å². The van der Waals surface area contributed by atoms with Gasteiger partial charge in [-0.25, -0.2) is 4.79 Å². The lowest BCUT2D eigenvalue weighted by atomic mass is 9.92. The monoisotopic (exact) mass is 270 g/mol. The van der Waals surface area contributed by atoms with Gasteiger partial charge in [-0.15, -0.1) is 0 Å². The van der Waals surface area contributed by atoms with Crippen molar-refractivity contribution in [2.24, 2.45) is 5.92 Å². The highest BCUT2D eigenvalue weighted by Gasteiger charge is 2.33. The summed E-state index contributed by atoms with van der Waals surface area (Å²) in [6.45, 7) is 8.19. The van der Waals surface area contributed by atoms with Crippen LogP contribution in [0.3, 0.4) is 0 Å². The van der Waals surface area contributed by atoms with Crippen LogP contribution in [0.2, 0.25) is 0 Å². The molecule has 2 unspecified atom stereocenters. The number of hydrogen-bond donors (Lipinski definition) is 1. The van der Waals surface area contributed by atoms with Gasteiger partial charge in [0.2, 0.25) is 0 Å². The molecule has 0 saturated carbocycles. The lowest BCUT2D eigenvalue weighted by Crippen LogP contribution is -2.51. The Balaban J connectivity index is 2.63. The van der Waals surface area contributed by atoms with Crippen LogP contribution in [0.4, 0.5) is 4.79 Å². The fourth-order valence-electron chi connectivity index (χ4n) is 2.71. The number of aliphatic carboxylic acids is 1. The first-order valence-corrected chi connectivity index (χ1v) is 7.29. The lowest BCUT2D eigenvalue weighted by molar-refractivity contribution is -0.143. The smallest absolute Gasteiger partial charge is 0.320 e. The van der Waals surface area contributed by atoms with Gasteiger partial charge in [-0.1, -0.05) is 13.8 Å². The van der Waals surface area contributed by atoms with Gasteiger partial charge in [-0.2, -0.15) is 0 Å². The summed E-state index contributed by atoms with van der Waals surface area (Å²) in [5.41, 5.74) is 0. The highest BCUT2D eigenvalue weighted by molar-refractivity contribution is 5.76. The van der Waals surface area contributed by atoms with Crippen molar-refractivity contribution in [1.82, 2.24) is 9.80 Å². The van der Waals surface area contributed by atoms with E-state index in [1.165, 1.54) is 0 Å². The SMILES string of the molecule is CCCN(CCC)C(=O)N1CCC(C(=O)O)CC1C. The molecule has 1 rings (SSSR count). The summed E-state index contributed by atoms with van der Waals surface area (Å²) in [5.74, 6) is -1.04. The van der Waals surface area contributed by atoms with Crippen molar-refractivity contribution in [2.45, 2.75) is 52.5 Å². The van der Waals surface area contributed by atoms with Gasteiger partial charge in [-0.3, -0.25) is 4.79 Å². The highest BCUT2D eigenvalue weighted by Crippen LogP contribution is 2.24. The minimum absolute atomic E-state index is 0.0126. The van der Waals surface area contributed by atoms with Crippen molar-refractivity contribution in [1.29, 1.82) is 0 Å². The number of carbonyl (C=O) groups excluding carboxylic acids is 1. The number of likely N-dealkylation sites (tertiary alicyclic amines) is 1. The van der Waals surface area contributed by atoms with Crippen molar-refractivity contribution in [3.8, 4) is 0 Å². The van der Waals surface area contributed by atoms with Crippen molar-refractivity contribution in [3.05, 3.63) is 0 Å². The lowest BCUT2D eigenvalue weighted by Gasteiger charge is -2.39. The van der Waals surface area contributed by atoms with Gasteiger partial charge in [0, 0.05) is 25.7 Å². The summed E-state index contributed by atoms with van der Waals surface area (Å²) in [5, 5.41) is 9.04. The molecule has 1 aliphatic rings. The predicted octanol–water partition coefficient (Wildman–Crippen LogP) is 2.41. The van der Waals surface area contributed by atoms with E-state index in [1.807, 2.05) is 16.7 Å². The molecule has 1 aliphatic heterocycles. The predicted molar refractivity (Wildman–Crippen MR) is 74.1 cm³/mol. The van der Waals surface area contributed by atoms with Crippen LogP contribution in [0, 0.1) is 5.92 Å². The third kappa shape index (κ3) is 4.11. The van der Waals surface area contributed by atoms with Gasteiger partial charge in [0.25, 0.3) is 0 Å². The van der Waals surface area contributed by atoms with Crippen LogP contribution >= 0.6 is 0 Å². The first kappa shape index (κ1) is 15.8. The number of carboxylic acids is 1. The van der Waals surface area contributed by atoms with Crippen LogP contribution in [0.15, 0.2) is 0 Å². The molecule has 5 heteroatoms. The van der Waals surface area contributed by atoms with Gasteiger partial charge in [0.1, 0.15) is 0 Å². The summed E-state index contributed by atoms with van der Waals surface area (Å²) >= 11 is 0. The van der Waals surface area contributed by atoms with E-state index in [1.54, 1.807) is 0 Å². The molecule has 0 aromatic heterocycles. The van der Waals surface area contributed by atoms with Gasteiger partial charge in [-0.05, 0) is 32.6 Å². The molecule has 110 valence electrons. The average molecular weight is 270 g/mol. The topological polar surface area (TPSA) is 60.9 Å². The van der Waals surface area contributed by atoms with Crippen LogP contribution in [0.5, 0.6) is 0 Å². The third-order valence-corrected chi connectivity index (χ3v) is 3.73. The molecule has 1 N–H and O–H groups in total. The van der Waals surface area contributed by atoms with E-state index in [2.05, 4.69) is 13.8 Å². The molecule has 0 bridgehead atoms. The van der Waals surface area contributed by atoms with Gasteiger partial charge >= 0.3 is 12.0 Å². The Morgan fingerprint density at radius 1 is 1.26 bits per heavy atom. The summed E-state index contributed by atoms with van der Waals surface area (Å²) < 4.78 is 0. The second kappa shape index (κ2) is 7.36. The average Bonchev–Trinajstić information content (AvgIpc) is 2.37. The maximum Gasteiger partial charge on any atom is 0.320 e. The molecule has 1 saturated heterocycles. The fraction of sp³-hybridized carbons (Fsp3) is 0.857. The zero-order chi connectivity index (χ0) is 14.4. The second-order valence-corrected chi connectivity index (χ2v) is 5.37. The Bertz CT molecular complexity index is 314. The molecular weight excluding hydrogens is 244 g/mol. The Labute approximate surface area is 115 Å². The number of piperidine rings is 1. The zero-order valence-electron chi connectivity index (χ0n) is 12.3. The molecule has 2 amide bonds. The molecule has 0 aromatic carbocycles. The van der Waals surface area contributed by atoms with E-state index in [-0.39, 0.29) is 18.0 Å². The van der Waals surface area contributed by atoms with E-state index in [9.17, 15) is 9.59 Å². The quantitative estimate of drug-likeness (QED) is 0.834. The van der Waals surface area contributed by atoms with E-state index in [0.29, 0.717) is 19.4 Å².